The zero-order valence-electron chi connectivity index (χ0n) is 7.85. The molecule has 0 saturated heterocycles. The van der Waals surface area contributed by atoms with Gasteiger partial charge in [-0.2, -0.15) is 5.10 Å². The van der Waals surface area contributed by atoms with Crippen LogP contribution in [0.2, 0.25) is 0 Å². The molecule has 4 nitrogen and oxygen atoms in total. The van der Waals surface area contributed by atoms with Gasteiger partial charge in [-0.1, -0.05) is 13.8 Å². The van der Waals surface area contributed by atoms with E-state index in [1.807, 2.05) is 0 Å². The lowest BCUT2D eigenvalue weighted by atomic mass is 9.88. The summed E-state index contributed by atoms with van der Waals surface area (Å²) >= 11 is 0. The molecule has 2 rings (SSSR count). The summed E-state index contributed by atoms with van der Waals surface area (Å²) in [6, 6.07) is 0. The maximum atomic E-state index is 11.5. The number of nitrogens with one attached hydrogen (secondary N) is 2. The first kappa shape index (κ1) is 8.29. The third-order valence-electron chi connectivity index (χ3n) is 2.35. The molecule has 2 N–H and O–H groups in total. The molecule has 70 valence electrons. The van der Waals surface area contributed by atoms with Crippen molar-refractivity contribution in [3.8, 4) is 0 Å². The number of aromatic nitrogens is 2. The summed E-state index contributed by atoms with van der Waals surface area (Å²) in [6.45, 7) is 4.97. The van der Waals surface area contributed by atoms with Crippen LogP contribution in [-0.4, -0.2) is 22.6 Å². The van der Waals surface area contributed by atoms with Crippen LogP contribution in [0.15, 0.2) is 6.20 Å². The Morgan fingerprint density at radius 1 is 1.54 bits per heavy atom. The first-order valence-electron chi connectivity index (χ1n) is 4.39. The molecule has 1 aromatic rings. The Morgan fingerprint density at radius 2 is 2.31 bits per heavy atom. The molecule has 0 saturated carbocycles. The van der Waals surface area contributed by atoms with Gasteiger partial charge in [0.05, 0.1) is 11.8 Å². The van der Waals surface area contributed by atoms with Gasteiger partial charge in [0, 0.05) is 12.2 Å². The van der Waals surface area contributed by atoms with Crippen LogP contribution in [0, 0.1) is 5.41 Å². The minimum absolute atomic E-state index is 0.0191. The third kappa shape index (κ3) is 1.43. The highest BCUT2D eigenvalue weighted by molar-refractivity contribution is 5.95. The fourth-order valence-electron chi connectivity index (χ4n) is 1.60. The fourth-order valence-corrected chi connectivity index (χ4v) is 1.60. The minimum atomic E-state index is -0.0191. The molecular formula is C9H13N3O. The number of hydrogen-bond donors (Lipinski definition) is 2. The fraction of sp³-hybridized carbons (Fsp3) is 0.556. The van der Waals surface area contributed by atoms with Crippen LogP contribution in [0.4, 0.5) is 0 Å². The molecule has 13 heavy (non-hydrogen) atoms. The quantitative estimate of drug-likeness (QED) is 0.616. The minimum Gasteiger partial charge on any atom is -0.351 e. The van der Waals surface area contributed by atoms with Gasteiger partial charge in [-0.3, -0.25) is 9.89 Å². The second-order valence-electron chi connectivity index (χ2n) is 4.29. The number of fused-ring (bicyclic) bond motifs is 1. The summed E-state index contributed by atoms with van der Waals surface area (Å²) in [5.41, 5.74) is 1.73. The zero-order valence-corrected chi connectivity index (χ0v) is 7.85. The Labute approximate surface area is 76.7 Å². The van der Waals surface area contributed by atoms with Gasteiger partial charge in [0.1, 0.15) is 0 Å². The molecule has 0 aliphatic carbocycles. The van der Waals surface area contributed by atoms with Crippen LogP contribution in [0.3, 0.4) is 0 Å². The van der Waals surface area contributed by atoms with E-state index in [4.69, 9.17) is 0 Å². The Morgan fingerprint density at radius 3 is 3.08 bits per heavy atom. The number of nitrogens with zero attached hydrogens (tertiary/aromatic N) is 1. The summed E-state index contributed by atoms with van der Waals surface area (Å²) in [5.74, 6) is -0.0191. The standard InChI is InChI=1S/C9H13N3O/c1-9(2)3-7-6(4-11-12-7)8(13)10-5-9/h4H,3,5H2,1-2H3,(H,10,13)(H,11,12). The van der Waals surface area contributed by atoms with E-state index in [0.29, 0.717) is 12.1 Å². The van der Waals surface area contributed by atoms with Crippen molar-refractivity contribution in [1.82, 2.24) is 15.5 Å². The molecule has 1 aromatic heterocycles. The molecular weight excluding hydrogens is 166 g/mol. The molecule has 0 bridgehead atoms. The number of rotatable bonds is 0. The van der Waals surface area contributed by atoms with Gasteiger partial charge in [0.25, 0.3) is 5.91 Å². The predicted octanol–water partition coefficient (Wildman–Crippen LogP) is 0.722. The maximum Gasteiger partial charge on any atom is 0.254 e. The SMILES string of the molecule is CC1(C)CNC(=O)c2cn[nH]c2C1. The van der Waals surface area contributed by atoms with Crippen molar-refractivity contribution >= 4 is 5.91 Å². The Balaban J connectivity index is 2.41. The van der Waals surface area contributed by atoms with Crippen molar-refractivity contribution in [3.05, 3.63) is 17.5 Å². The molecule has 1 aliphatic rings. The molecule has 0 atom stereocenters. The maximum absolute atomic E-state index is 11.5. The molecule has 1 aliphatic heterocycles. The van der Waals surface area contributed by atoms with E-state index in [0.717, 1.165) is 12.1 Å². The lowest BCUT2D eigenvalue weighted by Crippen LogP contribution is -2.31. The van der Waals surface area contributed by atoms with E-state index >= 15 is 0 Å². The van der Waals surface area contributed by atoms with Gasteiger partial charge in [-0.05, 0) is 11.8 Å². The third-order valence-corrected chi connectivity index (χ3v) is 2.35. The first-order valence-corrected chi connectivity index (χ1v) is 4.39. The number of amides is 1. The van der Waals surface area contributed by atoms with Gasteiger partial charge < -0.3 is 5.32 Å². The van der Waals surface area contributed by atoms with Crippen molar-refractivity contribution < 1.29 is 4.79 Å². The van der Waals surface area contributed by atoms with Gasteiger partial charge in [0.2, 0.25) is 0 Å². The summed E-state index contributed by atoms with van der Waals surface area (Å²) in [4.78, 5) is 11.5. The van der Waals surface area contributed by atoms with Crippen LogP contribution < -0.4 is 5.32 Å². The largest absolute Gasteiger partial charge is 0.351 e. The highest BCUT2D eigenvalue weighted by Gasteiger charge is 2.27. The molecule has 0 fully saturated rings. The molecule has 0 spiro atoms. The van der Waals surface area contributed by atoms with E-state index in [9.17, 15) is 4.79 Å². The van der Waals surface area contributed by atoms with E-state index in [1.165, 1.54) is 0 Å². The summed E-state index contributed by atoms with van der Waals surface area (Å²) < 4.78 is 0. The lowest BCUT2D eigenvalue weighted by molar-refractivity contribution is 0.0945. The average Bonchev–Trinajstić information content (AvgIpc) is 2.44. The number of carbonyl (C=O) groups is 1. The Bertz CT molecular complexity index is 340. The van der Waals surface area contributed by atoms with Crippen LogP contribution in [-0.2, 0) is 6.42 Å². The van der Waals surface area contributed by atoms with E-state index < -0.39 is 0 Å². The highest BCUT2D eigenvalue weighted by Crippen LogP contribution is 2.24. The highest BCUT2D eigenvalue weighted by atomic mass is 16.1. The normalized spacial score (nSPS) is 20.3. The molecule has 0 aromatic carbocycles. The second-order valence-corrected chi connectivity index (χ2v) is 4.29. The van der Waals surface area contributed by atoms with Crippen LogP contribution in [0.1, 0.15) is 29.9 Å². The summed E-state index contributed by atoms with van der Waals surface area (Å²) in [7, 11) is 0. The van der Waals surface area contributed by atoms with Crippen molar-refractivity contribution in [2.45, 2.75) is 20.3 Å². The lowest BCUT2D eigenvalue weighted by Gasteiger charge is -2.21. The summed E-state index contributed by atoms with van der Waals surface area (Å²) in [6.07, 6.45) is 2.45. The molecule has 0 unspecified atom stereocenters. The molecule has 0 radical (unpaired) electrons. The van der Waals surface area contributed by atoms with Crippen molar-refractivity contribution in [2.75, 3.05) is 6.54 Å². The van der Waals surface area contributed by atoms with E-state index in [2.05, 4.69) is 29.4 Å². The number of carbonyl (C=O) groups excluding carboxylic acids is 1. The monoisotopic (exact) mass is 179 g/mol. The number of H-pyrrole nitrogens is 1. The van der Waals surface area contributed by atoms with Crippen LogP contribution >= 0.6 is 0 Å². The van der Waals surface area contributed by atoms with Gasteiger partial charge >= 0.3 is 0 Å². The topological polar surface area (TPSA) is 57.8 Å². The number of aromatic amines is 1. The van der Waals surface area contributed by atoms with E-state index in [-0.39, 0.29) is 11.3 Å². The summed E-state index contributed by atoms with van der Waals surface area (Å²) in [5, 5.41) is 9.63. The van der Waals surface area contributed by atoms with Gasteiger partial charge in [-0.25, -0.2) is 0 Å². The van der Waals surface area contributed by atoms with Crippen molar-refractivity contribution in [3.63, 3.8) is 0 Å². The van der Waals surface area contributed by atoms with Crippen LogP contribution in [0.25, 0.3) is 0 Å². The van der Waals surface area contributed by atoms with Gasteiger partial charge in [0.15, 0.2) is 0 Å². The number of hydrogen-bond acceptors (Lipinski definition) is 2. The Hall–Kier alpha value is -1.32. The first-order chi connectivity index (χ1) is 6.08. The van der Waals surface area contributed by atoms with Crippen molar-refractivity contribution in [2.24, 2.45) is 5.41 Å². The Kier molecular flexibility index (Phi) is 1.65. The smallest absolute Gasteiger partial charge is 0.254 e. The molecule has 4 heteroatoms. The average molecular weight is 179 g/mol. The molecule has 2 heterocycles. The molecule has 1 amide bonds. The predicted molar refractivity (Wildman–Crippen MR) is 48.4 cm³/mol. The van der Waals surface area contributed by atoms with E-state index in [1.54, 1.807) is 6.20 Å². The second kappa shape index (κ2) is 2.58. The van der Waals surface area contributed by atoms with Gasteiger partial charge in [-0.15, -0.1) is 0 Å². The van der Waals surface area contributed by atoms with Crippen LogP contribution in [0.5, 0.6) is 0 Å². The zero-order chi connectivity index (χ0) is 9.47. The van der Waals surface area contributed by atoms with Crippen molar-refractivity contribution in [1.29, 1.82) is 0 Å².